The minimum absolute atomic E-state index is 0.0188. The SMILES string of the molecule is CN/C(=C\N=O)NCCCCc1csc(N=C(N)N)n1. The van der Waals surface area contributed by atoms with Gasteiger partial charge in [-0.05, 0) is 24.4 Å². The van der Waals surface area contributed by atoms with Crippen molar-refractivity contribution < 1.29 is 0 Å². The van der Waals surface area contributed by atoms with Crippen LogP contribution in [-0.2, 0) is 6.42 Å². The van der Waals surface area contributed by atoms with Crippen molar-refractivity contribution in [3.63, 3.8) is 0 Å². The second-order valence-corrected chi connectivity index (χ2v) is 4.78. The van der Waals surface area contributed by atoms with Crippen LogP contribution >= 0.6 is 11.3 Å². The molecule has 0 saturated heterocycles. The Kier molecular flexibility index (Phi) is 7.04. The van der Waals surface area contributed by atoms with E-state index in [2.05, 4.69) is 25.8 Å². The molecule has 9 heteroatoms. The van der Waals surface area contributed by atoms with Gasteiger partial charge in [0, 0.05) is 19.0 Å². The molecule has 0 fully saturated rings. The third-order valence-electron chi connectivity index (χ3n) is 2.39. The van der Waals surface area contributed by atoms with Crippen LogP contribution < -0.4 is 22.1 Å². The van der Waals surface area contributed by atoms with Crippen molar-refractivity contribution >= 4 is 22.4 Å². The summed E-state index contributed by atoms with van der Waals surface area (Å²) in [5.41, 5.74) is 11.5. The second kappa shape index (κ2) is 8.86. The number of nitrogens with two attached hydrogens (primary N) is 2. The Bertz CT molecular complexity index is 479. The van der Waals surface area contributed by atoms with Gasteiger partial charge in [0.1, 0.15) is 12.0 Å². The molecule has 0 unspecified atom stereocenters. The molecule has 1 rings (SSSR count). The third kappa shape index (κ3) is 6.14. The van der Waals surface area contributed by atoms with E-state index in [0.717, 1.165) is 31.5 Å². The van der Waals surface area contributed by atoms with Gasteiger partial charge >= 0.3 is 0 Å². The smallest absolute Gasteiger partial charge is 0.212 e. The molecule has 0 aliphatic rings. The lowest BCUT2D eigenvalue weighted by molar-refractivity contribution is 0.648. The van der Waals surface area contributed by atoms with Crippen molar-refractivity contribution in [2.75, 3.05) is 13.6 Å². The molecule has 20 heavy (non-hydrogen) atoms. The number of hydrogen-bond acceptors (Lipinski definition) is 7. The van der Waals surface area contributed by atoms with Gasteiger partial charge in [-0.2, -0.15) is 4.99 Å². The average Bonchev–Trinajstić information content (AvgIpc) is 2.83. The van der Waals surface area contributed by atoms with Crippen LogP contribution in [0.1, 0.15) is 18.5 Å². The predicted molar refractivity (Wildman–Crippen MR) is 81.5 cm³/mol. The average molecular weight is 297 g/mol. The largest absolute Gasteiger partial charge is 0.374 e. The first kappa shape index (κ1) is 15.9. The molecule has 0 radical (unpaired) electrons. The van der Waals surface area contributed by atoms with E-state index in [-0.39, 0.29) is 5.96 Å². The van der Waals surface area contributed by atoms with E-state index in [1.807, 2.05) is 5.38 Å². The summed E-state index contributed by atoms with van der Waals surface area (Å²) in [5.74, 6) is 0.633. The molecular weight excluding hydrogens is 278 g/mol. The molecule has 0 aromatic carbocycles. The van der Waals surface area contributed by atoms with Gasteiger partial charge in [0.15, 0.2) is 5.96 Å². The van der Waals surface area contributed by atoms with Crippen molar-refractivity contribution in [1.29, 1.82) is 0 Å². The van der Waals surface area contributed by atoms with Crippen LogP contribution in [0.25, 0.3) is 0 Å². The molecule has 0 amide bonds. The van der Waals surface area contributed by atoms with Crippen LogP contribution in [0.4, 0.5) is 5.13 Å². The van der Waals surface area contributed by atoms with Gasteiger partial charge in [-0.3, -0.25) is 0 Å². The Morgan fingerprint density at radius 3 is 2.95 bits per heavy atom. The van der Waals surface area contributed by atoms with Crippen molar-refractivity contribution in [3.05, 3.63) is 28.0 Å². The number of aryl methyl sites for hydroxylation is 1. The summed E-state index contributed by atoms with van der Waals surface area (Å²) < 4.78 is 0. The lowest BCUT2D eigenvalue weighted by Gasteiger charge is -2.08. The Morgan fingerprint density at radius 1 is 1.50 bits per heavy atom. The number of nitrogens with one attached hydrogen (secondary N) is 2. The number of thiazole rings is 1. The Morgan fingerprint density at radius 2 is 2.30 bits per heavy atom. The maximum absolute atomic E-state index is 10.1. The van der Waals surface area contributed by atoms with Crippen LogP contribution in [0.15, 0.2) is 27.6 Å². The minimum atomic E-state index is 0.0188. The summed E-state index contributed by atoms with van der Waals surface area (Å²) >= 11 is 1.42. The normalized spacial score (nSPS) is 10.9. The first-order chi connectivity index (χ1) is 9.65. The second-order valence-electron chi connectivity index (χ2n) is 3.94. The summed E-state index contributed by atoms with van der Waals surface area (Å²) in [6.45, 7) is 0.757. The predicted octanol–water partition coefficient (Wildman–Crippen LogP) is 0.745. The Balaban J connectivity index is 2.24. The Hall–Kier alpha value is -2.16. The van der Waals surface area contributed by atoms with Gasteiger partial charge in [-0.15, -0.1) is 16.2 Å². The summed E-state index contributed by atoms with van der Waals surface area (Å²) in [4.78, 5) is 18.3. The molecule has 0 aliphatic heterocycles. The minimum Gasteiger partial charge on any atom is -0.374 e. The van der Waals surface area contributed by atoms with E-state index in [0.29, 0.717) is 11.0 Å². The number of nitrogens with zero attached hydrogens (tertiary/aromatic N) is 3. The molecule has 0 saturated carbocycles. The number of hydrogen-bond donors (Lipinski definition) is 4. The standard InChI is InChI=1S/C11H19N7OS/c1-14-9(6-16-19)15-5-3-2-4-8-7-20-11(17-8)18-10(12)13/h6-7,14-15H,2-5H2,1H3,(H4,12,13,17,18)/b9-6+. The van der Waals surface area contributed by atoms with Crippen molar-refractivity contribution in [3.8, 4) is 0 Å². The summed E-state index contributed by atoms with van der Waals surface area (Å²) in [5, 5.41) is 11.1. The van der Waals surface area contributed by atoms with Crippen molar-refractivity contribution in [1.82, 2.24) is 15.6 Å². The van der Waals surface area contributed by atoms with Crippen molar-refractivity contribution in [2.24, 2.45) is 21.6 Å². The van der Waals surface area contributed by atoms with Crippen LogP contribution in [0, 0.1) is 4.91 Å². The van der Waals surface area contributed by atoms with E-state index in [4.69, 9.17) is 11.5 Å². The first-order valence-corrected chi connectivity index (χ1v) is 7.02. The molecule has 0 atom stereocenters. The zero-order chi connectivity index (χ0) is 14.8. The van der Waals surface area contributed by atoms with Gasteiger partial charge in [0.25, 0.3) is 0 Å². The molecule has 0 bridgehead atoms. The maximum Gasteiger partial charge on any atom is 0.212 e. The molecule has 1 heterocycles. The number of aromatic nitrogens is 1. The van der Waals surface area contributed by atoms with Gasteiger partial charge in [-0.25, -0.2) is 4.98 Å². The fraction of sp³-hybridized carbons (Fsp3) is 0.455. The van der Waals surface area contributed by atoms with E-state index < -0.39 is 0 Å². The van der Waals surface area contributed by atoms with Crippen LogP contribution in [0.3, 0.4) is 0 Å². The fourth-order valence-corrected chi connectivity index (χ4v) is 2.22. The quantitative estimate of drug-likeness (QED) is 0.230. The molecule has 8 nitrogen and oxygen atoms in total. The molecule has 6 N–H and O–H groups in total. The zero-order valence-corrected chi connectivity index (χ0v) is 12.1. The van der Waals surface area contributed by atoms with Gasteiger partial charge in [0.05, 0.1) is 5.69 Å². The maximum atomic E-state index is 10.1. The van der Waals surface area contributed by atoms with Gasteiger partial charge in [-0.1, -0.05) is 0 Å². The number of unbranched alkanes of at least 4 members (excludes halogenated alkanes) is 1. The van der Waals surface area contributed by atoms with E-state index in [1.165, 1.54) is 17.5 Å². The molecule has 110 valence electrons. The van der Waals surface area contributed by atoms with Crippen LogP contribution in [0.2, 0.25) is 0 Å². The van der Waals surface area contributed by atoms with Crippen LogP contribution in [-0.4, -0.2) is 24.5 Å². The highest BCUT2D eigenvalue weighted by Crippen LogP contribution is 2.19. The topological polar surface area (TPSA) is 131 Å². The highest BCUT2D eigenvalue weighted by atomic mass is 32.1. The first-order valence-electron chi connectivity index (χ1n) is 6.14. The van der Waals surface area contributed by atoms with E-state index in [1.54, 1.807) is 7.05 Å². The summed E-state index contributed by atoms with van der Waals surface area (Å²) in [6.07, 6.45) is 4.00. The lowest BCUT2D eigenvalue weighted by Crippen LogP contribution is -2.24. The number of rotatable bonds is 9. The number of guanidine groups is 1. The zero-order valence-electron chi connectivity index (χ0n) is 11.3. The number of aliphatic imine (C=N–C) groups is 1. The summed E-state index contributed by atoms with van der Waals surface area (Å²) in [7, 11) is 1.73. The molecule has 1 aromatic heterocycles. The monoisotopic (exact) mass is 297 g/mol. The van der Waals surface area contributed by atoms with E-state index in [9.17, 15) is 4.91 Å². The molecule has 0 spiro atoms. The molecule has 0 aliphatic carbocycles. The van der Waals surface area contributed by atoms with Crippen LogP contribution in [0.5, 0.6) is 0 Å². The highest BCUT2D eigenvalue weighted by Gasteiger charge is 2.01. The van der Waals surface area contributed by atoms with E-state index >= 15 is 0 Å². The fourth-order valence-electron chi connectivity index (χ4n) is 1.48. The third-order valence-corrected chi connectivity index (χ3v) is 3.17. The van der Waals surface area contributed by atoms with Gasteiger partial charge in [0.2, 0.25) is 5.13 Å². The molecular formula is C11H19N7OS. The highest BCUT2D eigenvalue weighted by molar-refractivity contribution is 7.13. The molecule has 1 aromatic rings. The van der Waals surface area contributed by atoms with Crippen molar-refractivity contribution in [2.45, 2.75) is 19.3 Å². The summed E-state index contributed by atoms with van der Waals surface area (Å²) in [6, 6.07) is 0. The Labute approximate surface area is 121 Å². The lowest BCUT2D eigenvalue weighted by atomic mass is 10.2. The number of nitroso groups, excluding NO2 is 1. The van der Waals surface area contributed by atoms with Gasteiger partial charge < -0.3 is 22.1 Å².